The number of fused-ring (bicyclic) bond motifs is 1. The molecule has 0 aromatic heterocycles. The van der Waals surface area contributed by atoms with Crippen molar-refractivity contribution < 1.29 is 14.2 Å². The van der Waals surface area contributed by atoms with Crippen LogP contribution >= 0.6 is 0 Å². The summed E-state index contributed by atoms with van der Waals surface area (Å²) in [5.74, 6) is 1.76. The van der Waals surface area contributed by atoms with Crippen LogP contribution in [0.25, 0.3) is 0 Å². The molecule has 2 heterocycles. The minimum atomic E-state index is -0.0633. The van der Waals surface area contributed by atoms with Gasteiger partial charge in [0.1, 0.15) is 13.2 Å². The molecule has 0 bridgehead atoms. The zero-order valence-electron chi connectivity index (χ0n) is 13.9. The first-order chi connectivity index (χ1) is 10.5. The Morgan fingerprint density at radius 3 is 2.73 bits per heavy atom. The fraction of sp³-hybridized carbons (Fsp3) is 0.667. The Labute approximate surface area is 133 Å². The lowest BCUT2D eigenvalue weighted by Gasteiger charge is -2.28. The van der Waals surface area contributed by atoms with E-state index in [9.17, 15) is 0 Å². The van der Waals surface area contributed by atoms with Gasteiger partial charge in [-0.2, -0.15) is 0 Å². The van der Waals surface area contributed by atoms with Crippen molar-refractivity contribution in [1.82, 2.24) is 4.90 Å². The highest BCUT2D eigenvalue weighted by atomic mass is 16.6. The molecule has 4 heteroatoms. The van der Waals surface area contributed by atoms with Crippen LogP contribution in [-0.2, 0) is 4.74 Å². The van der Waals surface area contributed by atoms with Gasteiger partial charge in [0.15, 0.2) is 11.5 Å². The summed E-state index contributed by atoms with van der Waals surface area (Å²) in [6, 6.07) is 6.86. The fourth-order valence-electron chi connectivity index (χ4n) is 3.21. The monoisotopic (exact) mass is 305 g/mol. The minimum absolute atomic E-state index is 0.0633. The Hall–Kier alpha value is -1.26. The molecule has 0 saturated carbocycles. The number of ether oxygens (including phenoxy) is 3. The second-order valence-electron chi connectivity index (χ2n) is 7.06. The van der Waals surface area contributed by atoms with E-state index in [4.69, 9.17) is 14.2 Å². The van der Waals surface area contributed by atoms with Crippen LogP contribution in [0.15, 0.2) is 18.2 Å². The van der Waals surface area contributed by atoms with Crippen molar-refractivity contribution >= 4 is 0 Å². The van der Waals surface area contributed by atoms with Gasteiger partial charge in [-0.1, -0.05) is 6.07 Å². The quantitative estimate of drug-likeness (QED) is 0.853. The molecule has 1 atom stereocenters. The molecule has 0 aliphatic carbocycles. The van der Waals surface area contributed by atoms with Gasteiger partial charge in [0, 0.05) is 12.6 Å². The summed E-state index contributed by atoms with van der Waals surface area (Å²) < 4.78 is 17.2. The maximum absolute atomic E-state index is 5.88. The van der Waals surface area contributed by atoms with E-state index in [1.54, 1.807) is 0 Å². The van der Waals surface area contributed by atoms with Gasteiger partial charge < -0.3 is 14.2 Å². The van der Waals surface area contributed by atoms with Gasteiger partial charge in [-0.3, -0.25) is 4.90 Å². The summed E-state index contributed by atoms with van der Waals surface area (Å²) in [5, 5.41) is 0. The lowest BCUT2D eigenvalue weighted by molar-refractivity contribution is -0.0144. The van der Waals surface area contributed by atoms with Crippen molar-refractivity contribution in [2.75, 3.05) is 32.9 Å². The maximum Gasteiger partial charge on any atom is 0.161 e. The lowest BCUT2D eigenvalue weighted by Crippen LogP contribution is -2.30. The molecular formula is C18H27NO3. The van der Waals surface area contributed by atoms with Crippen LogP contribution in [0.4, 0.5) is 0 Å². The SMILES string of the molecule is CC(C)(C)OCCN1CCCC1c1ccc2c(c1)OCCO2. The summed E-state index contributed by atoms with van der Waals surface area (Å²) >= 11 is 0. The van der Waals surface area contributed by atoms with Crippen LogP contribution in [0.2, 0.25) is 0 Å². The number of hydrogen-bond donors (Lipinski definition) is 0. The van der Waals surface area contributed by atoms with Crippen LogP contribution in [-0.4, -0.2) is 43.4 Å². The average molecular weight is 305 g/mol. The normalized spacial score (nSPS) is 22.0. The summed E-state index contributed by atoms with van der Waals surface area (Å²) in [6.45, 7) is 10.5. The smallest absolute Gasteiger partial charge is 0.161 e. The summed E-state index contributed by atoms with van der Waals surface area (Å²) in [5.41, 5.74) is 1.27. The van der Waals surface area contributed by atoms with Gasteiger partial charge in [-0.25, -0.2) is 0 Å². The molecule has 0 N–H and O–H groups in total. The Kier molecular flexibility index (Phi) is 4.59. The largest absolute Gasteiger partial charge is 0.486 e. The van der Waals surface area contributed by atoms with Gasteiger partial charge in [0.2, 0.25) is 0 Å². The molecule has 3 rings (SSSR count). The van der Waals surface area contributed by atoms with Crippen LogP contribution in [0, 0.1) is 0 Å². The lowest BCUT2D eigenvalue weighted by atomic mass is 10.0. The highest BCUT2D eigenvalue weighted by molar-refractivity contribution is 5.44. The van der Waals surface area contributed by atoms with Crippen molar-refractivity contribution in [2.24, 2.45) is 0 Å². The Balaban J connectivity index is 1.65. The summed E-state index contributed by atoms with van der Waals surface area (Å²) in [4.78, 5) is 2.52. The van der Waals surface area contributed by atoms with E-state index in [2.05, 4.69) is 37.8 Å². The van der Waals surface area contributed by atoms with E-state index in [1.165, 1.54) is 18.4 Å². The first kappa shape index (κ1) is 15.6. The van der Waals surface area contributed by atoms with E-state index < -0.39 is 0 Å². The minimum Gasteiger partial charge on any atom is -0.486 e. The molecule has 122 valence electrons. The molecule has 4 nitrogen and oxygen atoms in total. The molecule has 1 fully saturated rings. The van der Waals surface area contributed by atoms with Crippen LogP contribution in [0.5, 0.6) is 11.5 Å². The fourth-order valence-corrected chi connectivity index (χ4v) is 3.21. The first-order valence-corrected chi connectivity index (χ1v) is 8.30. The standard InChI is InChI=1S/C18H27NO3/c1-18(2,3)22-10-9-19-8-4-5-15(19)14-6-7-16-17(13-14)21-12-11-20-16/h6-7,13,15H,4-5,8-12H2,1-3H3. The van der Waals surface area contributed by atoms with E-state index in [0.29, 0.717) is 19.3 Å². The molecule has 0 spiro atoms. The van der Waals surface area contributed by atoms with E-state index in [1.807, 2.05) is 6.07 Å². The molecule has 0 radical (unpaired) electrons. The molecule has 2 aliphatic heterocycles. The van der Waals surface area contributed by atoms with E-state index >= 15 is 0 Å². The van der Waals surface area contributed by atoms with E-state index in [0.717, 1.165) is 31.2 Å². The predicted molar refractivity (Wildman–Crippen MR) is 86.7 cm³/mol. The number of benzene rings is 1. The molecule has 1 saturated heterocycles. The van der Waals surface area contributed by atoms with Crippen molar-refractivity contribution in [3.05, 3.63) is 23.8 Å². The van der Waals surface area contributed by atoms with Crippen LogP contribution in [0.3, 0.4) is 0 Å². The third-order valence-electron chi connectivity index (χ3n) is 4.23. The van der Waals surface area contributed by atoms with Gasteiger partial charge in [0.25, 0.3) is 0 Å². The van der Waals surface area contributed by atoms with Crippen molar-refractivity contribution in [3.63, 3.8) is 0 Å². The number of likely N-dealkylation sites (tertiary alicyclic amines) is 1. The molecule has 2 aliphatic rings. The Bertz CT molecular complexity index is 510. The van der Waals surface area contributed by atoms with Crippen LogP contribution < -0.4 is 9.47 Å². The first-order valence-electron chi connectivity index (χ1n) is 8.30. The number of nitrogens with zero attached hydrogens (tertiary/aromatic N) is 1. The van der Waals surface area contributed by atoms with Crippen LogP contribution in [0.1, 0.15) is 45.2 Å². The summed E-state index contributed by atoms with van der Waals surface area (Å²) in [6.07, 6.45) is 2.45. The molecule has 22 heavy (non-hydrogen) atoms. The van der Waals surface area contributed by atoms with E-state index in [-0.39, 0.29) is 5.60 Å². The molecule has 0 amide bonds. The zero-order chi connectivity index (χ0) is 15.6. The second kappa shape index (κ2) is 6.47. The third kappa shape index (κ3) is 3.73. The Morgan fingerprint density at radius 2 is 1.95 bits per heavy atom. The number of rotatable bonds is 4. The van der Waals surface area contributed by atoms with Gasteiger partial charge in [-0.15, -0.1) is 0 Å². The maximum atomic E-state index is 5.88. The van der Waals surface area contributed by atoms with Crippen molar-refractivity contribution in [1.29, 1.82) is 0 Å². The topological polar surface area (TPSA) is 30.9 Å². The average Bonchev–Trinajstić information content (AvgIpc) is 2.94. The van der Waals surface area contributed by atoms with Gasteiger partial charge in [0.05, 0.1) is 12.2 Å². The third-order valence-corrected chi connectivity index (χ3v) is 4.23. The summed E-state index contributed by atoms with van der Waals surface area (Å²) in [7, 11) is 0. The molecule has 1 aromatic rings. The highest BCUT2D eigenvalue weighted by Gasteiger charge is 2.27. The van der Waals surface area contributed by atoms with Gasteiger partial charge >= 0.3 is 0 Å². The zero-order valence-corrected chi connectivity index (χ0v) is 13.9. The highest BCUT2D eigenvalue weighted by Crippen LogP contribution is 2.37. The van der Waals surface area contributed by atoms with Crippen molar-refractivity contribution in [3.8, 4) is 11.5 Å². The Morgan fingerprint density at radius 1 is 1.18 bits per heavy atom. The number of hydrogen-bond acceptors (Lipinski definition) is 4. The predicted octanol–water partition coefficient (Wildman–Crippen LogP) is 3.41. The van der Waals surface area contributed by atoms with Gasteiger partial charge in [-0.05, 0) is 57.9 Å². The molecule has 1 aromatic carbocycles. The molecular weight excluding hydrogens is 278 g/mol. The van der Waals surface area contributed by atoms with Crippen molar-refractivity contribution in [2.45, 2.75) is 45.3 Å². The second-order valence-corrected chi connectivity index (χ2v) is 7.06. The molecule has 1 unspecified atom stereocenters.